The van der Waals surface area contributed by atoms with Gasteiger partial charge >= 0.3 is 0 Å². The smallest absolute Gasteiger partial charge is 0.251 e. The summed E-state index contributed by atoms with van der Waals surface area (Å²) in [6.07, 6.45) is 3.96. The van der Waals surface area contributed by atoms with E-state index >= 15 is 0 Å². The van der Waals surface area contributed by atoms with E-state index in [0.717, 1.165) is 37.8 Å². The van der Waals surface area contributed by atoms with Gasteiger partial charge in [0.2, 0.25) is 10.0 Å². The quantitative estimate of drug-likeness (QED) is 0.836. The van der Waals surface area contributed by atoms with Gasteiger partial charge in [-0.25, -0.2) is 12.8 Å². The first kappa shape index (κ1) is 19.8. The molecule has 1 saturated carbocycles. The number of halogens is 1. The standard InChI is InChI=1S/C18H27FN2O3S/c1-4-21(5-2)25(23,24)17-12-14(8-11-16(17)19)18(22)20-15-9-6-13(3)7-10-15/h8,11-13,15H,4-7,9-10H2,1-3H3,(H,20,22). The van der Waals surface area contributed by atoms with Gasteiger partial charge in [-0.1, -0.05) is 20.8 Å². The van der Waals surface area contributed by atoms with Gasteiger partial charge in [0.25, 0.3) is 5.91 Å². The first-order valence-electron chi connectivity index (χ1n) is 8.90. The Kier molecular flexibility index (Phi) is 6.57. The molecule has 25 heavy (non-hydrogen) atoms. The lowest BCUT2D eigenvalue weighted by atomic mass is 9.87. The van der Waals surface area contributed by atoms with E-state index in [9.17, 15) is 17.6 Å². The van der Waals surface area contributed by atoms with Gasteiger partial charge in [-0.05, 0) is 49.8 Å². The third-order valence-electron chi connectivity index (χ3n) is 4.87. The molecule has 1 aliphatic carbocycles. The zero-order valence-electron chi connectivity index (χ0n) is 15.1. The van der Waals surface area contributed by atoms with E-state index in [4.69, 9.17) is 0 Å². The second-order valence-electron chi connectivity index (χ2n) is 6.66. The van der Waals surface area contributed by atoms with Crippen LogP contribution in [0.3, 0.4) is 0 Å². The van der Waals surface area contributed by atoms with Crippen molar-refractivity contribution in [3.05, 3.63) is 29.6 Å². The highest BCUT2D eigenvalue weighted by atomic mass is 32.2. The number of nitrogens with zero attached hydrogens (tertiary/aromatic N) is 1. The molecule has 0 saturated heterocycles. The predicted molar refractivity (Wildman–Crippen MR) is 95.4 cm³/mol. The third-order valence-corrected chi connectivity index (χ3v) is 6.93. The fourth-order valence-corrected chi connectivity index (χ4v) is 4.77. The van der Waals surface area contributed by atoms with E-state index in [1.54, 1.807) is 13.8 Å². The highest BCUT2D eigenvalue weighted by molar-refractivity contribution is 7.89. The third kappa shape index (κ3) is 4.58. The van der Waals surface area contributed by atoms with E-state index in [-0.39, 0.29) is 30.6 Å². The van der Waals surface area contributed by atoms with Gasteiger partial charge < -0.3 is 5.32 Å². The van der Waals surface area contributed by atoms with E-state index in [0.29, 0.717) is 5.92 Å². The number of amides is 1. The SMILES string of the molecule is CCN(CC)S(=O)(=O)c1cc(C(=O)NC2CCC(C)CC2)ccc1F. The van der Waals surface area contributed by atoms with Crippen LogP contribution >= 0.6 is 0 Å². The molecule has 0 aromatic heterocycles. The minimum Gasteiger partial charge on any atom is -0.349 e. The molecule has 7 heteroatoms. The number of carbonyl (C=O) groups excluding carboxylic acids is 1. The topological polar surface area (TPSA) is 66.5 Å². The Balaban J connectivity index is 2.22. The van der Waals surface area contributed by atoms with Crippen molar-refractivity contribution in [2.75, 3.05) is 13.1 Å². The lowest BCUT2D eigenvalue weighted by Crippen LogP contribution is -2.37. The van der Waals surface area contributed by atoms with Crippen LogP contribution in [-0.4, -0.2) is 37.8 Å². The number of rotatable bonds is 6. The number of nitrogens with one attached hydrogen (secondary N) is 1. The van der Waals surface area contributed by atoms with Crippen LogP contribution in [0.15, 0.2) is 23.1 Å². The summed E-state index contributed by atoms with van der Waals surface area (Å²) in [6.45, 7) is 6.07. The zero-order valence-corrected chi connectivity index (χ0v) is 15.9. The zero-order chi connectivity index (χ0) is 18.6. The minimum absolute atomic E-state index is 0.0941. The van der Waals surface area contributed by atoms with Gasteiger partial charge in [0, 0.05) is 24.7 Å². The molecule has 1 aromatic carbocycles. The molecule has 5 nitrogen and oxygen atoms in total. The maximum absolute atomic E-state index is 14.1. The van der Waals surface area contributed by atoms with Crippen molar-refractivity contribution in [1.29, 1.82) is 0 Å². The number of benzene rings is 1. The van der Waals surface area contributed by atoms with Gasteiger partial charge in [0.05, 0.1) is 0 Å². The van der Waals surface area contributed by atoms with Gasteiger partial charge in [0.1, 0.15) is 10.7 Å². The van der Waals surface area contributed by atoms with Crippen LogP contribution < -0.4 is 5.32 Å². The summed E-state index contributed by atoms with van der Waals surface area (Å²) >= 11 is 0. The number of carbonyl (C=O) groups is 1. The van der Waals surface area contributed by atoms with E-state index < -0.39 is 20.7 Å². The predicted octanol–water partition coefficient (Wildman–Crippen LogP) is 3.16. The van der Waals surface area contributed by atoms with Crippen molar-refractivity contribution in [1.82, 2.24) is 9.62 Å². The summed E-state index contributed by atoms with van der Waals surface area (Å²) < 4.78 is 40.4. The molecule has 1 aromatic rings. The first-order valence-corrected chi connectivity index (χ1v) is 10.3. The molecule has 0 aliphatic heterocycles. The maximum atomic E-state index is 14.1. The fraction of sp³-hybridized carbons (Fsp3) is 0.611. The van der Waals surface area contributed by atoms with Crippen molar-refractivity contribution in [2.24, 2.45) is 5.92 Å². The van der Waals surface area contributed by atoms with Crippen LogP contribution in [0.25, 0.3) is 0 Å². The number of sulfonamides is 1. The molecule has 0 unspecified atom stereocenters. The second-order valence-corrected chi connectivity index (χ2v) is 8.57. The molecular weight excluding hydrogens is 343 g/mol. The summed E-state index contributed by atoms with van der Waals surface area (Å²) in [5.74, 6) is -0.518. The molecule has 0 spiro atoms. The van der Waals surface area contributed by atoms with E-state index in [1.165, 1.54) is 10.4 Å². The van der Waals surface area contributed by atoms with Gasteiger partial charge in [-0.3, -0.25) is 4.79 Å². The molecule has 1 amide bonds. The molecule has 140 valence electrons. The minimum atomic E-state index is -3.95. The average Bonchev–Trinajstić information content (AvgIpc) is 2.58. The van der Waals surface area contributed by atoms with Crippen LogP contribution in [0.2, 0.25) is 0 Å². The van der Waals surface area contributed by atoms with Crippen molar-refractivity contribution < 1.29 is 17.6 Å². The Labute approximate surface area is 149 Å². The van der Waals surface area contributed by atoms with Crippen LogP contribution in [-0.2, 0) is 10.0 Å². The highest BCUT2D eigenvalue weighted by Crippen LogP contribution is 2.24. The fourth-order valence-electron chi connectivity index (χ4n) is 3.22. The normalized spacial score (nSPS) is 21.3. The molecule has 0 heterocycles. The van der Waals surface area contributed by atoms with E-state index in [2.05, 4.69) is 12.2 Å². The summed E-state index contributed by atoms with van der Waals surface area (Å²) in [5.41, 5.74) is 0.172. The van der Waals surface area contributed by atoms with Crippen molar-refractivity contribution in [3.63, 3.8) is 0 Å². The number of hydrogen-bond acceptors (Lipinski definition) is 3. The molecule has 0 atom stereocenters. The summed E-state index contributed by atoms with van der Waals surface area (Å²) in [4.78, 5) is 12.0. The molecular formula is C18H27FN2O3S. The monoisotopic (exact) mass is 370 g/mol. The average molecular weight is 370 g/mol. The van der Waals surface area contributed by atoms with Gasteiger partial charge in [-0.15, -0.1) is 0 Å². The number of hydrogen-bond donors (Lipinski definition) is 1. The van der Waals surface area contributed by atoms with Crippen LogP contribution in [0, 0.1) is 11.7 Å². The lowest BCUT2D eigenvalue weighted by Gasteiger charge is -2.27. The largest absolute Gasteiger partial charge is 0.349 e. The first-order chi connectivity index (χ1) is 11.8. The van der Waals surface area contributed by atoms with E-state index in [1.807, 2.05) is 0 Å². The second kappa shape index (κ2) is 8.27. The summed E-state index contributed by atoms with van der Waals surface area (Å²) in [6, 6.07) is 3.62. The maximum Gasteiger partial charge on any atom is 0.251 e. The Morgan fingerprint density at radius 3 is 2.36 bits per heavy atom. The summed E-state index contributed by atoms with van der Waals surface area (Å²) in [7, 11) is -3.95. The lowest BCUT2D eigenvalue weighted by molar-refractivity contribution is 0.0922. The van der Waals surface area contributed by atoms with Gasteiger partial charge in [0.15, 0.2) is 0 Å². The molecule has 2 rings (SSSR count). The molecule has 1 fully saturated rings. The summed E-state index contributed by atoms with van der Waals surface area (Å²) in [5, 5.41) is 2.94. The van der Waals surface area contributed by atoms with Crippen LogP contribution in [0.1, 0.15) is 56.8 Å². The molecule has 1 aliphatic rings. The van der Waals surface area contributed by atoms with Crippen LogP contribution in [0.5, 0.6) is 0 Å². The Morgan fingerprint density at radius 2 is 1.80 bits per heavy atom. The van der Waals surface area contributed by atoms with Crippen molar-refractivity contribution in [3.8, 4) is 0 Å². The molecule has 0 bridgehead atoms. The Morgan fingerprint density at radius 1 is 1.20 bits per heavy atom. The Hall–Kier alpha value is -1.47. The van der Waals surface area contributed by atoms with Crippen molar-refractivity contribution >= 4 is 15.9 Å². The van der Waals surface area contributed by atoms with Crippen molar-refractivity contribution in [2.45, 2.75) is 57.4 Å². The Bertz CT molecular complexity index is 709. The van der Waals surface area contributed by atoms with Crippen LogP contribution in [0.4, 0.5) is 4.39 Å². The molecule has 1 N–H and O–H groups in total. The molecule has 0 radical (unpaired) electrons. The highest BCUT2D eigenvalue weighted by Gasteiger charge is 2.27. The van der Waals surface area contributed by atoms with Gasteiger partial charge in [-0.2, -0.15) is 4.31 Å².